The van der Waals surface area contributed by atoms with Crippen LogP contribution in [-0.4, -0.2) is 47.9 Å². The molecule has 1 aromatic carbocycles. The average Bonchev–Trinajstić information content (AvgIpc) is 3.17. The summed E-state index contributed by atoms with van der Waals surface area (Å²) in [6.45, 7) is 12.3. The molecule has 6 heteroatoms. The lowest BCUT2D eigenvalue weighted by molar-refractivity contribution is 0.0720. The van der Waals surface area contributed by atoms with Crippen LogP contribution in [0.1, 0.15) is 53.5 Å². The van der Waals surface area contributed by atoms with Gasteiger partial charge >= 0.3 is 0 Å². The van der Waals surface area contributed by atoms with E-state index in [1.54, 1.807) is 11.0 Å². The third-order valence-corrected chi connectivity index (χ3v) is 7.47. The van der Waals surface area contributed by atoms with Crippen molar-refractivity contribution in [3.8, 4) is 5.69 Å². The molecule has 29 heavy (non-hydrogen) atoms. The van der Waals surface area contributed by atoms with Crippen molar-refractivity contribution in [1.82, 2.24) is 9.47 Å². The minimum atomic E-state index is -3.08. The molecule has 0 N–H and O–H groups in total. The van der Waals surface area contributed by atoms with Crippen LogP contribution in [0.15, 0.2) is 43.0 Å². The Labute approximate surface area is 174 Å². The van der Waals surface area contributed by atoms with E-state index in [9.17, 15) is 13.2 Å². The van der Waals surface area contributed by atoms with Gasteiger partial charge in [-0.15, -0.1) is 6.58 Å². The minimum absolute atomic E-state index is 0.0297. The van der Waals surface area contributed by atoms with Crippen LogP contribution in [0.3, 0.4) is 0 Å². The molecule has 0 spiro atoms. The predicted molar refractivity (Wildman–Crippen MR) is 118 cm³/mol. The monoisotopic (exact) mass is 414 g/mol. The Bertz CT molecular complexity index is 1020. The highest BCUT2D eigenvalue weighted by Crippen LogP contribution is 2.26. The molecule has 1 unspecified atom stereocenters. The molecule has 0 radical (unpaired) electrons. The molecule has 1 atom stereocenters. The number of rotatable bonds is 6. The van der Waals surface area contributed by atoms with Gasteiger partial charge in [-0.1, -0.05) is 32.1 Å². The van der Waals surface area contributed by atoms with Gasteiger partial charge in [0.15, 0.2) is 9.84 Å². The summed E-state index contributed by atoms with van der Waals surface area (Å²) in [7, 11) is -3.08. The van der Waals surface area contributed by atoms with Gasteiger partial charge in [0, 0.05) is 29.7 Å². The van der Waals surface area contributed by atoms with E-state index in [-0.39, 0.29) is 23.5 Å². The van der Waals surface area contributed by atoms with Crippen molar-refractivity contribution in [2.45, 2.75) is 46.1 Å². The Balaban J connectivity index is 1.95. The predicted octanol–water partition coefficient (Wildman–Crippen LogP) is 4.03. The zero-order valence-corrected chi connectivity index (χ0v) is 18.5. The number of nitrogens with zero attached hydrogens (tertiary/aromatic N) is 2. The van der Waals surface area contributed by atoms with Crippen LogP contribution in [0, 0.1) is 13.8 Å². The number of sulfone groups is 1. The third kappa shape index (κ3) is 4.32. The molecular weight excluding hydrogens is 384 g/mol. The molecule has 5 nitrogen and oxygen atoms in total. The van der Waals surface area contributed by atoms with Gasteiger partial charge in [0.1, 0.15) is 0 Å². The van der Waals surface area contributed by atoms with Crippen LogP contribution >= 0.6 is 0 Å². The van der Waals surface area contributed by atoms with Crippen LogP contribution in [0.4, 0.5) is 0 Å². The summed E-state index contributed by atoms with van der Waals surface area (Å²) in [5, 5.41) is 0. The van der Waals surface area contributed by atoms with E-state index in [0.29, 0.717) is 24.4 Å². The number of benzene rings is 1. The lowest BCUT2D eigenvalue weighted by atomic mass is 10.0. The van der Waals surface area contributed by atoms with Gasteiger partial charge in [-0.05, 0) is 49.9 Å². The van der Waals surface area contributed by atoms with Crippen LogP contribution in [-0.2, 0) is 9.84 Å². The van der Waals surface area contributed by atoms with Gasteiger partial charge in [0.05, 0.1) is 17.1 Å². The maximum Gasteiger partial charge on any atom is 0.256 e. The zero-order valence-electron chi connectivity index (χ0n) is 17.7. The Morgan fingerprint density at radius 1 is 1.28 bits per heavy atom. The molecule has 0 saturated carbocycles. The van der Waals surface area contributed by atoms with Crippen LogP contribution in [0.5, 0.6) is 0 Å². The van der Waals surface area contributed by atoms with E-state index in [1.807, 2.05) is 19.9 Å². The Morgan fingerprint density at radius 3 is 2.45 bits per heavy atom. The second-order valence-corrected chi connectivity index (χ2v) is 10.4. The highest BCUT2D eigenvalue weighted by Gasteiger charge is 2.35. The van der Waals surface area contributed by atoms with E-state index in [1.165, 1.54) is 5.56 Å². The van der Waals surface area contributed by atoms with Crippen LogP contribution < -0.4 is 0 Å². The zero-order chi connectivity index (χ0) is 21.3. The number of aromatic nitrogens is 1. The van der Waals surface area contributed by atoms with Crippen molar-refractivity contribution in [2.75, 3.05) is 18.1 Å². The Morgan fingerprint density at radius 2 is 1.93 bits per heavy atom. The summed E-state index contributed by atoms with van der Waals surface area (Å²) >= 11 is 0. The first kappa shape index (κ1) is 21.4. The van der Waals surface area contributed by atoms with E-state index in [2.05, 4.69) is 49.3 Å². The Hall–Kier alpha value is -2.34. The Kier molecular flexibility index (Phi) is 6.03. The van der Waals surface area contributed by atoms with E-state index in [0.717, 1.165) is 17.1 Å². The van der Waals surface area contributed by atoms with E-state index < -0.39 is 9.84 Å². The summed E-state index contributed by atoms with van der Waals surface area (Å²) in [4.78, 5) is 15.0. The first-order valence-electron chi connectivity index (χ1n) is 10.1. The normalized spacial score (nSPS) is 18.2. The van der Waals surface area contributed by atoms with Gasteiger partial charge in [-0.2, -0.15) is 0 Å². The number of carbonyl (C=O) groups is 1. The lowest BCUT2D eigenvalue weighted by Gasteiger charge is -2.27. The van der Waals surface area contributed by atoms with Crippen molar-refractivity contribution in [2.24, 2.45) is 0 Å². The standard InChI is InChI=1S/C23H30N2O3S/c1-6-12-24(21-11-13-29(27,28)15-21)23(26)22-14-17(4)25(18(22)5)20-9-7-19(8-10-20)16(2)3/h6-10,14,16,21H,1,11-13,15H2,2-5H3. The summed E-state index contributed by atoms with van der Waals surface area (Å²) < 4.78 is 25.9. The average molecular weight is 415 g/mol. The van der Waals surface area contributed by atoms with Crippen molar-refractivity contribution in [3.05, 3.63) is 65.5 Å². The molecule has 0 bridgehead atoms. The molecule has 1 saturated heterocycles. The molecule has 0 aliphatic carbocycles. The first-order chi connectivity index (χ1) is 13.6. The van der Waals surface area contributed by atoms with Gasteiger partial charge in [-0.25, -0.2) is 8.42 Å². The van der Waals surface area contributed by atoms with Crippen molar-refractivity contribution in [1.29, 1.82) is 0 Å². The molecule has 3 rings (SSSR count). The number of aryl methyl sites for hydroxylation is 1. The van der Waals surface area contributed by atoms with Gasteiger partial charge in [-0.3, -0.25) is 4.79 Å². The largest absolute Gasteiger partial charge is 0.331 e. The quantitative estimate of drug-likeness (QED) is 0.671. The molecule has 1 aliphatic rings. The topological polar surface area (TPSA) is 59.4 Å². The van der Waals surface area contributed by atoms with E-state index >= 15 is 0 Å². The second kappa shape index (κ2) is 8.19. The fourth-order valence-corrected chi connectivity index (χ4v) is 5.83. The minimum Gasteiger partial charge on any atom is -0.331 e. The number of hydrogen-bond donors (Lipinski definition) is 0. The first-order valence-corrected chi connectivity index (χ1v) is 11.9. The lowest BCUT2D eigenvalue weighted by Crippen LogP contribution is -2.41. The highest BCUT2D eigenvalue weighted by atomic mass is 32.2. The fourth-order valence-electron chi connectivity index (χ4n) is 4.10. The second-order valence-electron chi connectivity index (χ2n) is 8.17. The summed E-state index contributed by atoms with van der Waals surface area (Å²) in [5.74, 6) is 0.496. The molecule has 2 aromatic rings. The van der Waals surface area contributed by atoms with Crippen molar-refractivity contribution in [3.63, 3.8) is 0 Å². The smallest absolute Gasteiger partial charge is 0.256 e. The van der Waals surface area contributed by atoms with Gasteiger partial charge < -0.3 is 9.47 Å². The molecular formula is C23H30N2O3S. The highest BCUT2D eigenvalue weighted by molar-refractivity contribution is 7.91. The van der Waals surface area contributed by atoms with Gasteiger partial charge in [0.2, 0.25) is 0 Å². The molecule has 156 valence electrons. The van der Waals surface area contributed by atoms with Crippen molar-refractivity contribution >= 4 is 15.7 Å². The molecule has 1 amide bonds. The number of hydrogen-bond acceptors (Lipinski definition) is 3. The van der Waals surface area contributed by atoms with Gasteiger partial charge in [0.25, 0.3) is 5.91 Å². The molecule has 1 aromatic heterocycles. The molecule has 2 heterocycles. The molecule has 1 fully saturated rings. The van der Waals surface area contributed by atoms with Crippen LogP contribution in [0.2, 0.25) is 0 Å². The van der Waals surface area contributed by atoms with E-state index in [4.69, 9.17) is 0 Å². The number of carbonyl (C=O) groups excluding carboxylic acids is 1. The SMILES string of the molecule is C=CCN(C(=O)c1cc(C)n(-c2ccc(C(C)C)cc2)c1C)C1CCS(=O)(=O)C1. The van der Waals surface area contributed by atoms with Crippen LogP contribution in [0.25, 0.3) is 5.69 Å². The summed E-state index contributed by atoms with van der Waals surface area (Å²) in [6.07, 6.45) is 2.14. The third-order valence-electron chi connectivity index (χ3n) is 5.72. The fraction of sp³-hybridized carbons (Fsp3) is 0.435. The number of amides is 1. The van der Waals surface area contributed by atoms with Crippen molar-refractivity contribution < 1.29 is 13.2 Å². The summed E-state index contributed by atoms with van der Waals surface area (Å²) in [6, 6.07) is 10.00. The molecule has 1 aliphatic heterocycles. The maximum absolute atomic E-state index is 13.4. The summed E-state index contributed by atoms with van der Waals surface area (Å²) in [5.41, 5.74) is 4.73. The maximum atomic E-state index is 13.4.